The van der Waals surface area contributed by atoms with Gasteiger partial charge in [0.25, 0.3) is 0 Å². The third kappa shape index (κ3) is 2.01. The fraction of sp³-hybridized carbons (Fsp3) is 0. The van der Waals surface area contributed by atoms with Crippen molar-refractivity contribution in [3.05, 3.63) is 34.9 Å². The average molecular weight is 180 g/mol. The van der Waals surface area contributed by atoms with Crippen LogP contribution in [0.15, 0.2) is 24.3 Å². The third-order valence-corrected chi connectivity index (χ3v) is 1.62. The van der Waals surface area contributed by atoms with Crippen LogP contribution in [0.2, 0.25) is 5.02 Å². The Bertz CT molecular complexity index is 352. The van der Waals surface area contributed by atoms with Crippen molar-refractivity contribution in [2.75, 3.05) is 0 Å². The second-order valence-electron chi connectivity index (χ2n) is 2.17. The minimum atomic E-state index is 0.0470. The van der Waals surface area contributed by atoms with Crippen LogP contribution in [0.1, 0.15) is 5.56 Å². The Kier molecular flexibility index (Phi) is 2.73. The molecule has 0 aliphatic carbocycles. The molecule has 0 spiro atoms. The van der Waals surface area contributed by atoms with Gasteiger partial charge >= 0.3 is 0 Å². The Balaban J connectivity index is 2.99. The van der Waals surface area contributed by atoms with Crippen molar-refractivity contribution in [2.45, 2.75) is 0 Å². The molecule has 0 atom stereocenters. The highest BCUT2D eigenvalue weighted by Crippen LogP contribution is 2.23. The summed E-state index contributed by atoms with van der Waals surface area (Å²) in [7, 11) is 0. The predicted molar refractivity (Wildman–Crippen MR) is 47.8 cm³/mol. The molecule has 1 aromatic carbocycles. The van der Waals surface area contributed by atoms with E-state index in [1.54, 1.807) is 18.2 Å². The van der Waals surface area contributed by atoms with E-state index in [1.807, 2.05) is 6.07 Å². The number of phenolic OH excluding ortho intramolecular Hbond substituents is 1. The number of aromatic hydroxyl groups is 1. The number of phenols is 1. The molecule has 12 heavy (non-hydrogen) atoms. The molecule has 0 heterocycles. The topological polar surface area (TPSA) is 44.0 Å². The summed E-state index contributed by atoms with van der Waals surface area (Å²) >= 11 is 5.63. The van der Waals surface area contributed by atoms with Gasteiger partial charge in [-0.2, -0.15) is 5.26 Å². The van der Waals surface area contributed by atoms with Crippen LogP contribution in [0.4, 0.5) is 0 Å². The summed E-state index contributed by atoms with van der Waals surface area (Å²) in [6.07, 6.45) is 2.97. The first kappa shape index (κ1) is 8.63. The largest absolute Gasteiger partial charge is 0.506 e. The summed E-state index contributed by atoms with van der Waals surface area (Å²) in [6, 6.07) is 6.61. The van der Waals surface area contributed by atoms with Gasteiger partial charge in [-0.25, -0.2) is 0 Å². The van der Waals surface area contributed by atoms with Crippen molar-refractivity contribution < 1.29 is 5.11 Å². The summed E-state index contributed by atoms with van der Waals surface area (Å²) in [5, 5.41) is 17.6. The van der Waals surface area contributed by atoms with Gasteiger partial charge in [0.15, 0.2) is 0 Å². The highest BCUT2D eigenvalue weighted by Gasteiger charge is 1.96. The van der Waals surface area contributed by atoms with Crippen LogP contribution in [0.25, 0.3) is 6.08 Å². The molecule has 0 aliphatic heterocycles. The lowest BCUT2D eigenvalue weighted by Crippen LogP contribution is -1.72. The summed E-state index contributed by atoms with van der Waals surface area (Å²) in [4.78, 5) is 0. The molecular formula is C9H6ClNO. The van der Waals surface area contributed by atoms with E-state index in [9.17, 15) is 0 Å². The molecule has 1 rings (SSSR count). The van der Waals surface area contributed by atoms with E-state index in [4.69, 9.17) is 22.0 Å². The lowest BCUT2D eigenvalue weighted by Gasteiger charge is -1.96. The minimum Gasteiger partial charge on any atom is -0.506 e. The average Bonchev–Trinajstić information content (AvgIpc) is 2.07. The van der Waals surface area contributed by atoms with Crippen LogP contribution in [0.5, 0.6) is 5.75 Å². The van der Waals surface area contributed by atoms with Crippen molar-refractivity contribution in [1.29, 1.82) is 5.26 Å². The van der Waals surface area contributed by atoms with E-state index < -0.39 is 0 Å². The van der Waals surface area contributed by atoms with Crippen LogP contribution in [-0.2, 0) is 0 Å². The molecule has 0 unspecified atom stereocenters. The van der Waals surface area contributed by atoms with Gasteiger partial charge in [0.05, 0.1) is 11.1 Å². The van der Waals surface area contributed by atoms with Gasteiger partial charge < -0.3 is 5.11 Å². The van der Waals surface area contributed by atoms with Crippen LogP contribution >= 0.6 is 11.6 Å². The maximum absolute atomic E-state index is 9.05. The fourth-order valence-electron chi connectivity index (χ4n) is 0.760. The molecule has 0 amide bonds. The van der Waals surface area contributed by atoms with E-state index >= 15 is 0 Å². The molecule has 60 valence electrons. The van der Waals surface area contributed by atoms with Gasteiger partial charge in [0.1, 0.15) is 5.75 Å². The number of hydrogen-bond acceptors (Lipinski definition) is 2. The highest BCUT2D eigenvalue weighted by atomic mass is 35.5. The summed E-state index contributed by atoms with van der Waals surface area (Å²) < 4.78 is 0. The van der Waals surface area contributed by atoms with Crippen molar-refractivity contribution in [3.8, 4) is 11.8 Å². The summed E-state index contributed by atoms with van der Waals surface area (Å²) in [5.74, 6) is 0.0470. The van der Waals surface area contributed by atoms with Gasteiger partial charge in [-0.1, -0.05) is 17.7 Å². The van der Waals surface area contributed by atoms with E-state index in [2.05, 4.69) is 0 Å². The van der Waals surface area contributed by atoms with Gasteiger partial charge in [-0.05, 0) is 23.8 Å². The molecule has 0 bridgehead atoms. The Morgan fingerprint density at radius 3 is 2.83 bits per heavy atom. The van der Waals surface area contributed by atoms with Gasteiger partial charge in [0, 0.05) is 6.08 Å². The zero-order valence-corrected chi connectivity index (χ0v) is 6.92. The van der Waals surface area contributed by atoms with Crippen LogP contribution in [0.3, 0.4) is 0 Å². The monoisotopic (exact) mass is 179 g/mol. The molecule has 1 aromatic rings. The van der Waals surface area contributed by atoms with Gasteiger partial charge in [0.2, 0.25) is 0 Å². The number of nitriles is 1. The summed E-state index contributed by atoms with van der Waals surface area (Å²) in [6.45, 7) is 0. The first-order valence-corrected chi connectivity index (χ1v) is 3.66. The molecule has 0 saturated heterocycles. The van der Waals surface area contributed by atoms with Crippen molar-refractivity contribution in [1.82, 2.24) is 0 Å². The van der Waals surface area contributed by atoms with E-state index in [-0.39, 0.29) is 10.8 Å². The molecule has 3 heteroatoms. The Morgan fingerprint density at radius 1 is 1.50 bits per heavy atom. The lowest BCUT2D eigenvalue weighted by atomic mass is 10.2. The molecular weight excluding hydrogens is 174 g/mol. The standard InChI is InChI=1S/C9H6ClNO/c10-8-6-7(2-1-5-11)3-4-9(8)12/h1-4,6,12H. The maximum atomic E-state index is 9.05. The lowest BCUT2D eigenvalue weighted by molar-refractivity contribution is 0.475. The second-order valence-corrected chi connectivity index (χ2v) is 2.58. The number of hydrogen-bond donors (Lipinski definition) is 1. The molecule has 0 fully saturated rings. The maximum Gasteiger partial charge on any atom is 0.134 e. The number of halogens is 1. The summed E-state index contributed by atoms with van der Waals surface area (Å²) in [5.41, 5.74) is 0.791. The predicted octanol–water partition coefficient (Wildman–Crippen LogP) is 2.58. The molecule has 0 aromatic heterocycles. The van der Waals surface area contributed by atoms with E-state index in [0.29, 0.717) is 0 Å². The van der Waals surface area contributed by atoms with Crippen molar-refractivity contribution in [2.24, 2.45) is 0 Å². The minimum absolute atomic E-state index is 0.0470. The Hall–Kier alpha value is -1.46. The molecule has 0 aliphatic rings. The zero-order valence-electron chi connectivity index (χ0n) is 6.16. The smallest absolute Gasteiger partial charge is 0.134 e. The van der Waals surface area contributed by atoms with Gasteiger partial charge in [-0.15, -0.1) is 0 Å². The first-order chi connectivity index (χ1) is 5.74. The first-order valence-electron chi connectivity index (χ1n) is 3.28. The second kappa shape index (κ2) is 3.80. The van der Waals surface area contributed by atoms with E-state index in [1.165, 1.54) is 12.1 Å². The number of allylic oxidation sites excluding steroid dienone is 1. The van der Waals surface area contributed by atoms with Crippen LogP contribution < -0.4 is 0 Å². The molecule has 0 radical (unpaired) electrons. The fourth-order valence-corrected chi connectivity index (χ4v) is 0.949. The van der Waals surface area contributed by atoms with Gasteiger partial charge in [-0.3, -0.25) is 0 Å². The quantitative estimate of drug-likeness (QED) is 0.674. The molecule has 1 N–H and O–H groups in total. The number of rotatable bonds is 1. The Labute approximate surface area is 75.3 Å². The van der Waals surface area contributed by atoms with Crippen LogP contribution in [-0.4, -0.2) is 5.11 Å². The zero-order chi connectivity index (χ0) is 8.97. The highest BCUT2D eigenvalue weighted by molar-refractivity contribution is 6.32. The normalized spacial score (nSPS) is 10.0. The molecule has 2 nitrogen and oxygen atoms in total. The third-order valence-electron chi connectivity index (χ3n) is 1.32. The van der Waals surface area contributed by atoms with E-state index in [0.717, 1.165) is 5.56 Å². The van der Waals surface area contributed by atoms with Crippen LogP contribution in [0, 0.1) is 11.3 Å². The van der Waals surface area contributed by atoms with Crippen molar-refractivity contribution in [3.63, 3.8) is 0 Å². The SMILES string of the molecule is N#CC=Cc1ccc(O)c(Cl)c1. The number of benzene rings is 1. The Morgan fingerprint density at radius 2 is 2.25 bits per heavy atom. The van der Waals surface area contributed by atoms with Crippen molar-refractivity contribution >= 4 is 17.7 Å². The number of nitrogens with zero attached hydrogens (tertiary/aromatic N) is 1. The molecule has 0 saturated carbocycles.